The predicted molar refractivity (Wildman–Crippen MR) is 124 cm³/mol. The molecular formula is C24H28N4O2S. The molecule has 0 atom stereocenters. The van der Waals surface area contributed by atoms with Crippen LogP contribution in [0.25, 0.3) is 17.1 Å². The second kappa shape index (κ2) is 10.5. The number of carbonyl (C=O) groups is 1. The van der Waals surface area contributed by atoms with Crippen molar-refractivity contribution in [1.29, 1.82) is 0 Å². The molecule has 0 N–H and O–H groups in total. The molecule has 1 aliphatic rings. The van der Waals surface area contributed by atoms with Crippen LogP contribution in [0.4, 0.5) is 0 Å². The first-order valence-corrected chi connectivity index (χ1v) is 11.9. The Hall–Kier alpha value is -2.80. The molecule has 7 heteroatoms. The highest BCUT2D eigenvalue weighted by molar-refractivity contribution is 7.99. The quantitative estimate of drug-likeness (QED) is 0.497. The molecule has 0 spiro atoms. The highest BCUT2D eigenvalue weighted by atomic mass is 32.2. The van der Waals surface area contributed by atoms with Crippen LogP contribution in [-0.4, -0.2) is 51.0 Å². The van der Waals surface area contributed by atoms with E-state index >= 15 is 0 Å². The lowest BCUT2D eigenvalue weighted by atomic mass is 10.2. The van der Waals surface area contributed by atoms with Crippen LogP contribution < -0.4 is 4.74 Å². The van der Waals surface area contributed by atoms with Crippen molar-refractivity contribution in [3.63, 3.8) is 0 Å². The molecule has 1 amide bonds. The molecule has 2 aromatic carbocycles. The van der Waals surface area contributed by atoms with Gasteiger partial charge in [-0.1, -0.05) is 54.9 Å². The van der Waals surface area contributed by atoms with Gasteiger partial charge in [0.1, 0.15) is 5.75 Å². The zero-order valence-corrected chi connectivity index (χ0v) is 18.7. The summed E-state index contributed by atoms with van der Waals surface area (Å²) in [6.07, 6.45) is 4.61. The molecule has 0 aliphatic carbocycles. The summed E-state index contributed by atoms with van der Waals surface area (Å²) in [7, 11) is 0. The maximum atomic E-state index is 12.8. The van der Waals surface area contributed by atoms with Crippen LogP contribution in [0.3, 0.4) is 0 Å². The van der Waals surface area contributed by atoms with Gasteiger partial charge < -0.3 is 9.64 Å². The molecule has 1 aromatic heterocycles. The SMILES string of the molecule is CCOc1ccc(-n2c(SCC(=O)N3CCCCCC3)nnc2-c2ccccc2)cc1. The number of carbonyl (C=O) groups excluding carboxylic acids is 1. The normalized spacial score (nSPS) is 14.3. The van der Waals surface area contributed by atoms with E-state index in [4.69, 9.17) is 4.74 Å². The van der Waals surface area contributed by atoms with Crippen molar-refractivity contribution in [3.8, 4) is 22.8 Å². The highest BCUT2D eigenvalue weighted by Gasteiger charge is 2.20. The first-order valence-electron chi connectivity index (χ1n) is 10.9. The first-order chi connectivity index (χ1) is 15.3. The number of nitrogens with zero attached hydrogens (tertiary/aromatic N) is 4. The summed E-state index contributed by atoms with van der Waals surface area (Å²) in [4.78, 5) is 14.8. The fourth-order valence-corrected chi connectivity index (χ4v) is 4.62. The van der Waals surface area contributed by atoms with Crippen LogP contribution in [0.1, 0.15) is 32.6 Å². The Kier molecular flexibility index (Phi) is 7.25. The second-order valence-electron chi connectivity index (χ2n) is 7.52. The molecular weight excluding hydrogens is 408 g/mol. The minimum Gasteiger partial charge on any atom is -0.494 e. The van der Waals surface area contributed by atoms with Crippen molar-refractivity contribution in [2.24, 2.45) is 0 Å². The third-order valence-electron chi connectivity index (χ3n) is 5.35. The van der Waals surface area contributed by atoms with Crippen LogP contribution in [0, 0.1) is 0 Å². The van der Waals surface area contributed by atoms with E-state index in [0.717, 1.165) is 48.8 Å². The van der Waals surface area contributed by atoms with Gasteiger partial charge in [0, 0.05) is 24.3 Å². The summed E-state index contributed by atoms with van der Waals surface area (Å²) in [5, 5.41) is 9.61. The number of thioether (sulfide) groups is 1. The molecule has 0 unspecified atom stereocenters. The van der Waals surface area contributed by atoms with Crippen molar-refractivity contribution in [3.05, 3.63) is 54.6 Å². The van der Waals surface area contributed by atoms with Gasteiger partial charge in [0.05, 0.1) is 12.4 Å². The fourth-order valence-electron chi connectivity index (χ4n) is 3.77. The average molecular weight is 437 g/mol. The van der Waals surface area contributed by atoms with Gasteiger partial charge in [0.25, 0.3) is 0 Å². The Bertz CT molecular complexity index is 981. The summed E-state index contributed by atoms with van der Waals surface area (Å²) < 4.78 is 7.60. The highest BCUT2D eigenvalue weighted by Crippen LogP contribution is 2.29. The number of likely N-dealkylation sites (tertiary alicyclic amines) is 1. The molecule has 1 aliphatic heterocycles. The molecule has 1 fully saturated rings. The van der Waals surface area contributed by atoms with Gasteiger partial charge in [-0.15, -0.1) is 10.2 Å². The van der Waals surface area contributed by atoms with Gasteiger partial charge in [-0.05, 0) is 44.0 Å². The topological polar surface area (TPSA) is 60.2 Å². The Morgan fingerprint density at radius 1 is 0.968 bits per heavy atom. The van der Waals surface area contributed by atoms with Crippen LogP contribution >= 0.6 is 11.8 Å². The van der Waals surface area contributed by atoms with E-state index in [9.17, 15) is 4.79 Å². The van der Waals surface area contributed by atoms with Crippen molar-refractivity contribution < 1.29 is 9.53 Å². The molecule has 0 saturated carbocycles. The van der Waals surface area contributed by atoms with Crippen molar-refractivity contribution >= 4 is 17.7 Å². The maximum Gasteiger partial charge on any atom is 0.233 e. The zero-order valence-electron chi connectivity index (χ0n) is 17.9. The Morgan fingerprint density at radius 2 is 1.68 bits per heavy atom. The average Bonchev–Trinajstić information content (AvgIpc) is 3.03. The van der Waals surface area contributed by atoms with Crippen LogP contribution in [0.5, 0.6) is 5.75 Å². The molecule has 162 valence electrons. The van der Waals surface area contributed by atoms with Crippen LogP contribution in [-0.2, 0) is 4.79 Å². The van der Waals surface area contributed by atoms with E-state index in [2.05, 4.69) is 10.2 Å². The van der Waals surface area contributed by atoms with Gasteiger partial charge in [0.2, 0.25) is 5.91 Å². The largest absolute Gasteiger partial charge is 0.494 e. The zero-order chi connectivity index (χ0) is 21.5. The Morgan fingerprint density at radius 3 is 2.35 bits per heavy atom. The smallest absolute Gasteiger partial charge is 0.233 e. The minimum absolute atomic E-state index is 0.175. The molecule has 2 heterocycles. The van der Waals surface area contributed by atoms with Crippen molar-refractivity contribution in [1.82, 2.24) is 19.7 Å². The van der Waals surface area contributed by atoms with Gasteiger partial charge in [-0.25, -0.2) is 0 Å². The molecule has 0 radical (unpaired) electrons. The summed E-state index contributed by atoms with van der Waals surface area (Å²) >= 11 is 1.45. The molecule has 31 heavy (non-hydrogen) atoms. The van der Waals surface area contributed by atoms with Crippen molar-refractivity contribution in [2.45, 2.75) is 37.8 Å². The van der Waals surface area contributed by atoms with Crippen LogP contribution in [0.15, 0.2) is 59.8 Å². The third kappa shape index (κ3) is 5.28. The molecule has 6 nitrogen and oxygen atoms in total. The van der Waals surface area contributed by atoms with Gasteiger partial charge >= 0.3 is 0 Å². The summed E-state index contributed by atoms with van der Waals surface area (Å²) in [5.74, 6) is 2.12. The third-order valence-corrected chi connectivity index (χ3v) is 6.27. The molecule has 0 bridgehead atoms. The summed E-state index contributed by atoms with van der Waals surface area (Å²) in [6.45, 7) is 4.32. The lowest BCUT2D eigenvalue weighted by Crippen LogP contribution is -2.33. The first kappa shape index (κ1) is 21.4. The van der Waals surface area contributed by atoms with Crippen molar-refractivity contribution in [2.75, 3.05) is 25.4 Å². The number of benzene rings is 2. The summed E-state index contributed by atoms with van der Waals surface area (Å²) in [6, 6.07) is 17.9. The van der Waals surface area contributed by atoms with Gasteiger partial charge in [0.15, 0.2) is 11.0 Å². The summed E-state index contributed by atoms with van der Waals surface area (Å²) in [5.41, 5.74) is 1.92. The number of hydrogen-bond donors (Lipinski definition) is 0. The van der Waals surface area contributed by atoms with E-state index in [1.807, 2.05) is 71.0 Å². The van der Waals surface area contributed by atoms with E-state index in [0.29, 0.717) is 17.5 Å². The van der Waals surface area contributed by atoms with Gasteiger partial charge in [-0.2, -0.15) is 0 Å². The standard InChI is InChI=1S/C24H28N4O2S/c1-2-30-21-14-12-20(13-15-21)28-23(19-10-6-5-7-11-19)25-26-24(28)31-18-22(29)27-16-8-3-4-9-17-27/h5-7,10-15H,2-4,8-9,16-18H2,1H3. The molecule has 4 rings (SSSR count). The predicted octanol–water partition coefficient (Wildman–Crippen LogP) is 4.83. The number of rotatable bonds is 7. The fraction of sp³-hybridized carbons (Fsp3) is 0.375. The Labute approximate surface area is 187 Å². The number of ether oxygens (including phenoxy) is 1. The van der Waals surface area contributed by atoms with Crippen LogP contribution in [0.2, 0.25) is 0 Å². The lowest BCUT2D eigenvalue weighted by molar-refractivity contribution is -0.128. The molecule has 1 saturated heterocycles. The number of hydrogen-bond acceptors (Lipinski definition) is 5. The van der Waals surface area contributed by atoms with E-state index in [1.54, 1.807) is 0 Å². The second-order valence-corrected chi connectivity index (χ2v) is 8.46. The number of aromatic nitrogens is 3. The van der Waals surface area contributed by atoms with E-state index < -0.39 is 0 Å². The minimum atomic E-state index is 0.175. The number of amides is 1. The van der Waals surface area contributed by atoms with E-state index in [-0.39, 0.29) is 5.91 Å². The van der Waals surface area contributed by atoms with Gasteiger partial charge in [-0.3, -0.25) is 9.36 Å². The van der Waals surface area contributed by atoms with E-state index in [1.165, 1.54) is 24.6 Å². The lowest BCUT2D eigenvalue weighted by Gasteiger charge is -2.20. The maximum absolute atomic E-state index is 12.8. The monoisotopic (exact) mass is 436 g/mol. The Balaban J connectivity index is 1.60. The molecule has 3 aromatic rings.